The first-order chi connectivity index (χ1) is 10.6. The zero-order valence-corrected chi connectivity index (χ0v) is 12.6. The number of esters is 1. The SMILES string of the molecule is CC(C)c1ccccc1OCC(=O)Oc1ccc(C#N)cc1. The summed E-state index contributed by atoms with van der Waals surface area (Å²) < 4.78 is 10.7. The summed E-state index contributed by atoms with van der Waals surface area (Å²) in [4.78, 5) is 11.8. The average molecular weight is 295 g/mol. The molecule has 2 aromatic rings. The molecule has 0 aromatic heterocycles. The number of ether oxygens (including phenoxy) is 2. The molecule has 112 valence electrons. The van der Waals surface area contributed by atoms with Crippen molar-refractivity contribution >= 4 is 5.97 Å². The Morgan fingerprint density at radius 2 is 1.82 bits per heavy atom. The summed E-state index contributed by atoms with van der Waals surface area (Å²) in [6, 6.07) is 16.0. The molecule has 0 aliphatic carbocycles. The maximum Gasteiger partial charge on any atom is 0.349 e. The molecule has 22 heavy (non-hydrogen) atoms. The minimum atomic E-state index is -0.483. The maximum absolute atomic E-state index is 11.8. The summed E-state index contributed by atoms with van der Waals surface area (Å²) in [5.74, 6) is 0.910. The van der Waals surface area contributed by atoms with Crippen LogP contribution < -0.4 is 9.47 Å². The second-order valence-electron chi connectivity index (χ2n) is 5.09. The smallest absolute Gasteiger partial charge is 0.349 e. The van der Waals surface area contributed by atoms with Crippen molar-refractivity contribution in [2.24, 2.45) is 0 Å². The fourth-order valence-corrected chi connectivity index (χ4v) is 1.98. The third-order valence-electron chi connectivity index (χ3n) is 3.10. The fourth-order valence-electron chi connectivity index (χ4n) is 1.98. The van der Waals surface area contributed by atoms with Crippen molar-refractivity contribution in [2.75, 3.05) is 6.61 Å². The monoisotopic (exact) mass is 295 g/mol. The van der Waals surface area contributed by atoms with Gasteiger partial charge in [0, 0.05) is 0 Å². The van der Waals surface area contributed by atoms with E-state index in [9.17, 15) is 4.79 Å². The van der Waals surface area contributed by atoms with Crippen LogP contribution in [-0.4, -0.2) is 12.6 Å². The Morgan fingerprint density at radius 1 is 1.14 bits per heavy atom. The van der Waals surface area contributed by atoms with Crippen molar-refractivity contribution in [3.05, 3.63) is 59.7 Å². The van der Waals surface area contributed by atoms with Crippen LogP contribution in [0.2, 0.25) is 0 Å². The van der Waals surface area contributed by atoms with Gasteiger partial charge in [-0.25, -0.2) is 4.79 Å². The quantitative estimate of drug-likeness (QED) is 0.624. The molecule has 0 unspecified atom stereocenters. The first-order valence-electron chi connectivity index (χ1n) is 7.02. The van der Waals surface area contributed by atoms with Crippen LogP contribution in [0.5, 0.6) is 11.5 Å². The lowest BCUT2D eigenvalue weighted by atomic mass is 10.0. The van der Waals surface area contributed by atoms with Crippen LogP contribution in [-0.2, 0) is 4.79 Å². The standard InChI is InChI=1S/C18H17NO3/c1-13(2)16-5-3-4-6-17(16)21-12-18(20)22-15-9-7-14(11-19)8-10-15/h3-10,13H,12H2,1-2H3. The van der Waals surface area contributed by atoms with E-state index in [-0.39, 0.29) is 6.61 Å². The van der Waals surface area contributed by atoms with E-state index in [1.165, 1.54) is 0 Å². The van der Waals surface area contributed by atoms with Gasteiger partial charge in [0.15, 0.2) is 6.61 Å². The van der Waals surface area contributed by atoms with E-state index < -0.39 is 5.97 Å². The lowest BCUT2D eigenvalue weighted by Crippen LogP contribution is -2.18. The Hall–Kier alpha value is -2.80. The van der Waals surface area contributed by atoms with Crippen LogP contribution in [0.25, 0.3) is 0 Å². The van der Waals surface area contributed by atoms with Gasteiger partial charge in [-0.2, -0.15) is 5.26 Å². The van der Waals surface area contributed by atoms with Crippen LogP contribution in [0.15, 0.2) is 48.5 Å². The first-order valence-corrected chi connectivity index (χ1v) is 7.02. The summed E-state index contributed by atoms with van der Waals surface area (Å²) in [6.07, 6.45) is 0. The largest absolute Gasteiger partial charge is 0.482 e. The van der Waals surface area contributed by atoms with E-state index in [4.69, 9.17) is 14.7 Å². The van der Waals surface area contributed by atoms with E-state index in [1.807, 2.05) is 30.3 Å². The number of hydrogen-bond acceptors (Lipinski definition) is 4. The predicted molar refractivity (Wildman–Crippen MR) is 82.8 cm³/mol. The number of carbonyl (C=O) groups excluding carboxylic acids is 1. The molecule has 0 N–H and O–H groups in total. The number of carbonyl (C=O) groups is 1. The van der Waals surface area contributed by atoms with Crippen molar-refractivity contribution in [1.29, 1.82) is 5.26 Å². The second kappa shape index (κ2) is 7.28. The lowest BCUT2D eigenvalue weighted by molar-refractivity contribution is -0.136. The van der Waals surface area contributed by atoms with Crippen LogP contribution in [0.4, 0.5) is 0 Å². The Morgan fingerprint density at radius 3 is 2.45 bits per heavy atom. The number of benzene rings is 2. The second-order valence-corrected chi connectivity index (χ2v) is 5.09. The minimum absolute atomic E-state index is 0.163. The van der Waals surface area contributed by atoms with Gasteiger partial charge in [-0.1, -0.05) is 32.0 Å². The number of rotatable bonds is 5. The molecule has 0 atom stereocenters. The van der Waals surface area contributed by atoms with Crippen LogP contribution in [0, 0.1) is 11.3 Å². The van der Waals surface area contributed by atoms with Crippen LogP contribution in [0.3, 0.4) is 0 Å². The van der Waals surface area contributed by atoms with Gasteiger partial charge in [0.25, 0.3) is 0 Å². The zero-order chi connectivity index (χ0) is 15.9. The third kappa shape index (κ3) is 4.10. The molecule has 0 heterocycles. The third-order valence-corrected chi connectivity index (χ3v) is 3.10. The molecule has 0 amide bonds. The molecule has 4 nitrogen and oxygen atoms in total. The summed E-state index contributed by atoms with van der Waals surface area (Å²) in [5, 5.41) is 8.71. The summed E-state index contributed by atoms with van der Waals surface area (Å²) in [7, 11) is 0. The van der Waals surface area contributed by atoms with Crippen molar-refractivity contribution in [3.8, 4) is 17.6 Å². The number of hydrogen-bond donors (Lipinski definition) is 0. The highest BCUT2D eigenvalue weighted by Crippen LogP contribution is 2.25. The molecule has 4 heteroatoms. The Bertz CT molecular complexity index is 684. The highest BCUT2D eigenvalue weighted by Gasteiger charge is 2.10. The summed E-state index contributed by atoms with van der Waals surface area (Å²) >= 11 is 0. The van der Waals surface area contributed by atoms with Gasteiger partial charge in [0.2, 0.25) is 0 Å². The normalized spacial score (nSPS) is 10.1. The molecule has 0 spiro atoms. The van der Waals surface area contributed by atoms with Gasteiger partial charge >= 0.3 is 5.97 Å². The Balaban J connectivity index is 1.94. The molecular formula is C18H17NO3. The minimum Gasteiger partial charge on any atom is -0.482 e. The van der Waals surface area contributed by atoms with Crippen molar-refractivity contribution in [1.82, 2.24) is 0 Å². The molecule has 2 aromatic carbocycles. The molecular weight excluding hydrogens is 278 g/mol. The van der Waals surface area contributed by atoms with E-state index >= 15 is 0 Å². The molecule has 0 saturated carbocycles. The number of nitrogens with zero attached hydrogens (tertiary/aromatic N) is 1. The highest BCUT2D eigenvalue weighted by molar-refractivity contribution is 5.74. The van der Waals surface area contributed by atoms with Gasteiger partial charge in [-0.15, -0.1) is 0 Å². The fraction of sp³-hybridized carbons (Fsp3) is 0.222. The van der Waals surface area contributed by atoms with Crippen LogP contribution in [0.1, 0.15) is 30.9 Å². The zero-order valence-electron chi connectivity index (χ0n) is 12.6. The van der Waals surface area contributed by atoms with Gasteiger partial charge in [-0.05, 0) is 41.8 Å². The van der Waals surface area contributed by atoms with E-state index in [0.717, 1.165) is 5.56 Å². The molecule has 0 radical (unpaired) electrons. The molecule has 0 aliphatic rings. The molecule has 0 saturated heterocycles. The van der Waals surface area contributed by atoms with Gasteiger partial charge in [-0.3, -0.25) is 0 Å². The predicted octanol–water partition coefficient (Wildman–Crippen LogP) is 3.67. The number of nitriles is 1. The van der Waals surface area contributed by atoms with Crippen molar-refractivity contribution in [3.63, 3.8) is 0 Å². The van der Waals surface area contributed by atoms with Gasteiger partial charge in [0.05, 0.1) is 11.6 Å². The average Bonchev–Trinajstić information content (AvgIpc) is 2.54. The molecule has 2 rings (SSSR count). The van der Waals surface area contributed by atoms with Crippen molar-refractivity contribution < 1.29 is 14.3 Å². The Labute approximate surface area is 129 Å². The van der Waals surface area contributed by atoms with E-state index in [1.54, 1.807) is 24.3 Å². The topological polar surface area (TPSA) is 59.3 Å². The van der Waals surface area contributed by atoms with Crippen LogP contribution >= 0.6 is 0 Å². The lowest BCUT2D eigenvalue weighted by Gasteiger charge is -2.13. The first kappa shape index (κ1) is 15.6. The van der Waals surface area contributed by atoms with E-state index in [0.29, 0.717) is 23.0 Å². The van der Waals surface area contributed by atoms with Gasteiger partial charge < -0.3 is 9.47 Å². The summed E-state index contributed by atoms with van der Waals surface area (Å²) in [5.41, 5.74) is 1.57. The van der Waals surface area contributed by atoms with Gasteiger partial charge in [0.1, 0.15) is 11.5 Å². The van der Waals surface area contributed by atoms with Crippen molar-refractivity contribution in [2.45, 2.75) is 19.8 Å². The maximum atomic E-state index is 11.8. The molecule has 0 fully saturated rings. The Kier molecular flexibility index (Phi) is 5.16. The molecule has 0 bridgehead atoms. The summed E-state index contributed by atoms with van der Waals surface area (Å²) in [6.45, 7) is 3.97. The number of para-hydroxylation sites is 1. The highest BCUT2D eigenvalue weighted by atomic mass is 16.6. The molecule has 0 aliphatic heterocycles. The van der Waals surface area contributed by atoms with E-state index in [2.05, 4.69) is 13.8 Å².